The molecule has 10 nitrogen and oxygen atoms in total. The first-order valence-electron chi connectivity index (χ1n) is 9.70. The molecule has 5 N–H and O–H groups in total. The van der Waals surface area contributed by atoms with Gasteiger partial charge in [-0.05, 0) is 29.7 Å². The quantitative estimate of drug-likeness (QED) is 0.419. The molecule has 0 unspecified atom stereocenters. The summed E-state index contributed by atoms with van der Waals surface area (Å²) in [6, 6.07) is 13.8. The van der Waals surface area contributed by atoms with Gasteiger partial charge >= 0.3 is 12.1 Å². The molecular formula is C21H26N4O6S. The lowest BCUT2D eigenvalue weighted by atomic mass is 10.1. The van der Waals surface area contributed by atoms with E-state index in [2.05, 4.69) is 16.0 Å². The molecule has 32 heavy (non-hydrogen) atoms. The summed E-state index contributed by atoms with van der Waals surface area (Å²) in [6.07, 6.45) is 0.119. The number of carbonyl (C=O) groups excluding carboxylic acids is 3. The van der Waals surface area contributed by atoms with Crippen molar-refractivity contribution in [1.29, 1.82) is 0 Å². The van der Waals surface area contributed by atoms with Crippen molar-refractivity contribution in [3.05, 3.63) is 65.7 Å². The van der Waals surface area contributed by atoms with Gasteiger partial charge in [0.05, 0.1) is 5.75 Å². The highest BCUT2D eigenvalue weighted by Gasteiger charge is 2.23. The Morgan fingerprint density at radius 1 is 1.00 bits per heavy atom. The summed E-state index contributed by atoms with van der Waals surface area (Å²) >= 11 is 0. The van der Waals surface area contributed by atoms with E-state index in [0.717, 1.165) is 17.4 Å². The lowest BCUT2D eigenvalue weighted by molar-refractivity contribution is -0.123. The van der Waals surface area contributed by atoms with Crippen LogP contribution in [0.2, 0.25) is 0 Å². The highest BCUT2D eigenvalue weighted by Crippen LogP contribution is 2.09. The van der Waals surface area contributed by atoms with Crippen LogP contribution in [0, 0.1) is 0 Å². The molecule has 0 saturated heterocycles. The van der Waals surface area contributed by atoms with Crippen LogP contribution in [0.1, 0.15) is 17.5 Å². The molecule has 2 aromatic rings. The topological polar surface area (TPSA) is 157 Å². The molecule has 1 atom stereocenters. The summed E-state index contributed by atoms with van der Waals surface area (Å²) in [5.74, 6) is -0.831. The fourth-order valence-electron chi connectivity index (χ4n) is 2.67. The highest BCUT2D eigenvalue weighted by atomic mass is 32.2. The van der Waals surface area contributed by atoms with Gasteiger partial charge in [0.25, 0.3) is 0 Å². The molecular weight excluding hydrogens is 436 g/mol. The minimum Gasteiger partial charge on any atom is -0.445 e. The van der Waals surface area contributed by atoms with Crippen molar-refractivity contribution in [2.45, 2.75) is 25.6 Å². The van der Waals surface area contributed by atoms with Crippen molar-refractivity contribution in [1.82, 2.24) is 10.6 Å². The summed E-state index contributed by atoms with van der Waals surface area (Å²) in [4.78, 5) is 35.6. The Bertz CT molecular complexity index is 1030. The van der Waals surface area contributed by atoms with E-state index in [4.69, 9.17) is 10.5 Å². The van der Waals surface area contributed by atoms with E-state index < -0.39 is 33.9 Å². The minimum absolute atomic E-state index is 0.0127. The van der Waals surface area contributed by atoms with Crippen LogP contribution in [-0.4, -0.2) is 44.5 Å². The van der Waals surface area contributed by atoms with E-state index in [1.54, 1.807) is 48.5 Å². The molecule has 172 valence electrons. The third-order valence-electron chi connectivity index (χ3n) is 4.29. The van der Waals surface area contributed by atoms with E-state index in [9.17, 15) is 22.8 Å². The van der Waals surface area contributed by atoms with Crippen molar-refractivity contribution < 1.29 is 27.5 Å². The SMILES string of the molecule is CS(=O)(=O)CC[C@@H](NC(=O)OCc1ccccc1)C(=O)NCc1ccc(NC(N)=O)cc1. The van der Waals surface area contributed by atoms with Gasteiger partial charge in [-0.3, -0.25) is 4.79 Å². The van der Waals surface area contributed by atoms with Crippen LogP contribution in [0.5, 0.6) is 0 Å². The van der Waals surface area contributed by atoms with Crippen LogP contribution in [0.3, 0.4) is 0 Å². The van der Waals surface area contributed by atoms with E-state index in [1.807, 2.05) is 6.07 Å². The van der Waals surface area contributed by atoms with Crippen molar-refractivity contribution in [2.24, 2.45) is 5.73 Å². The first kappa shape index (κ1) is 24.7. The Balaban J connectivity index is 1.94. The lowest BCUT2D eigenvalue weighted by Crippen LogP contribution is -2.47. The average Bonchev–Trinajstić information content (AvgIpc) is 2.74. The number of anilines is 1. The summed E-state index contributed by atoms with van der Waals surface area (Å²) < 4.78 is 28.2. The van der Waals surface area contributed by atoms with Gasteiger partial charge in [-0.1, -0.05) is 42.5 Å². The normalized spacial score (nSPS) is 11.8. The summed E-state index contributed by atoms with van der Waals surface area (Å²) in [5, 5.41) is 7.51. The molecule has 0 aliphatic rings. The molecule has 4 amide bonds. The first-order valence-corrected chi connectivity index (χ1v) is 11.8. The van der Waals surface area contributed by atoms with Gasteiger partial charge in [-0.15, -0.1) is 0 Å². The van der Waals surface area contributed by atoms with Gasteiger partial charge in [-0.25, -0.2) is 18.0 Å². The number of hydrogen-bond donors (Lipinski definition) is 4. The van der Waals surface area contributed by atoms with E-state index in [1.165, 1.54) is 0 Å². The van der Waals surface area contributed by atoms with Gasteiger partial charge in [0.1, 0.15) is 22.5 Å². The molecule has 0 radical (unpaired) electrons. The van der Waals surface area contributed by atoms with Gasteiger partial charge in [0.2, 0.25) is 5.91 Å². The van der Waals surface area contributed by atoms with E-state index >= 15 is 0 Å². The lowest BCUT2D eigenvalue weighted by Gasteiger charge is -2.18. The van der Waals surface area contributed by atoms with Gasteiger partial charge in [0.15, 0.2) is 0 Å². The molecule has 0 heterocycles. The highest BCUT2D eigenvalue weighted by molar-refractivity contribution is 7.90. The predicted octanol–water partition coefficient (Wildman–Crippen LogP) is 1.52. The van der Waals surface area contributed by atoms with Crippen LogP contribution in [-0.2, 0) is 32.5 Å². The molecule has 0 bridgehead atoms. The molecule has 2 rings (SSSR count). The maximum Gasteiger partial charge on any atom is 0.408 e. The number of alkyl carbamates (subject to hydrolysis) is 1. The van der Waals surface area contributed by atoms with Crippen LogP contribution in [0.15, 0.2) is 54.6 Å². The summed E-state index contributed by atoms with van der Waals surface area (Å²) in [5.41, 5.74) is 7.05. The second kappa shape index (κ2) is 11.7. The Morgan fingerprint density at radius 2 is 1.66 bits per heavy atom. The molecule has 0 fully saturated rings. The van der Waals surface area contributed by atoms with Crippen LogP contribution in [0.4, 0.5) is 15.3 Å². The molecule has 0 saturated carbocycles. The number of urea groups is 1. The van der Waals surface area contributed by atoms with Crippen molar-refractivity contribution in [3.8, 4) is 0 Å². The molecule has 11 heteroatoms. The van der Waals surface area contributed by atoms with E-state index in [0.29, 0.717) is 5.69 Å². The predicted molar refractivity (Wildman–Crippen MR) is 119 cm³/mol. The maximum absolute atomic E-state index is 12.6. The van der Waals surface area contributed by atoms with Crippen molar-refractivity contribution >= 4 is 33.6 Å². The zero-order chi connectivity index (χ0) is 23.6. The third-order valence-corrected chi connectivity index (χ3v) is 5.26. The molecule has 0 aliphatic heterocycles. The van der Waals surface area contributed by atoms with Crippen LogP contribution in [0.25, 0.3) is 0 Å². The standard InChI is InChI=1S/C21H26N4O6S/c1-32(29,30)12-11-18(25-21(28)31-14-16-5-3-2-4-6-16)19(26)23-13-15-7-9-17(10-8-15)24-20(22)27/h2-10,18H,11-14H2,1H3,(H,23,26)(H,25,28)(H3,22,24,27)/t18-/m1/s1. The maximum atomic E-state index is 12.6. The van der Waals surface area contributed by atoms with Crippen LogP contribution >= 0.6 is 0 Å². The Morgan fingerprint density at radius 3 is 2.25 bits per heavy atom. The monoisotopic (exact) mass is 462 g/mol. The van der Waals surface area contributed by atoms with Crippen molar-refractivity contribution in [2.75, 3.05) is 17.3 Å². The van der Waals surface area contributed by atoms with E-state index in [-0.39, 0.29) is 25.3 Å². The second-order valence-electron chi connectivity index (χ2n) is 7.08. The molecule has 2 aromatic carbocycles. The summed E-state index contributed by atoms with van der Waals surface area (Å²) in [7, 11) is -3.34. The number of benzene rings is 2. The number of nitrogens with two attached hydrogens (primary N) is 1. The second-order valence-corrected chi connectivity index (χ2v) is 9.34. The first-order chi connectivity index (χ1) is 15.1. The number of sulfone groups is 1. The fourth-order valence-corrected chi connectivity index (χ4v) is 3.33. The fraction of sp³-hybridized carbons (Fsp3) is 0.286. The number of rotatable bonds is 10. The third kappa shape index (κ3) is 9.47. The Hall–Kier alpha value is -3.60. The number of carbonyl (C=O) groups is 3. The summed E-state index contributed by atoms with van der Waals surface area (Å²) in [6.45, 7) is 0.143. The van der Waals surface area contributed by atoms with Crippen molar-refractivity contribution in [3.63, 3.8) is 0 Å². The Labute approximate surface area is 186 Å². The zero-order valence-electron chi connectivity index (χ0n) is 17.5. The zero-order valence-corrected chi connectivity index (χ0v) is 18.4. The molecule has 0 aromatic heterocycles. The largest absolute Gasteiger partial charge is 0.445 e. The molecule has 0 aliphatic carbocycles. The van der Waals surface area contributed by atoms with Gasteiger partial charge in [0, 0.05) is 18.5 Å². The number of primary amides is 1. The minimum atomic E-state index is -3.34. The number of ether oxygens (including phenoxy) is 1. The van der Waals surface area contributed by atoms with Gasteiger partial charge < -0.3 is 26.4 Å². The number of hydrogen-bond acceptors (Lipinski definition) is 6. The molecule has 0 spiro atoms. The van der Waals surface area contributed by atoms with Crippen LogP contribution < -0.4 is 21.7 Å². The average molecular weight is 463 g/mol. The number of nitrogens with one attached hydrogen (secondary N) is 3. The number of amides is 4. The smallest absolute Gasteiger partial charge is 0.408 e. The Kier molecular flexibility index (Phi) is 9.02. The van der Waals surface area contributed by atoms with Gasteiger partial charge in [-0.2, -0.15) is 0 Å².